The summed E-state index contributed by atoms with van der Waals surface area (Å²) in [4.78, 5) is 24.3. The molecular formula is C23H26N2O3. The van der Waals surface area contributed by atoms with Gasteiger partial charge in [0, 0.05) is 48.6 Å². The Morgan fingerprint density at radius 2 is 1.79 bits per heavy atom. The molecule has 0 bridgehead atoms. The van der Waals surface area contributed by atoms with Gasteiger partial charge in [-0.05, 0) is 61.4 Å². The van der Waals surface area contributed by atoms with Gasteiger partial charge >= 0.3 is 0 Å². The Morgan fingerprint density at radius 1 is 1.04 bits per heavy atom. The van der Waals surface area contributed by atoms with Gasteiger partial charge in [-0.1, -0.05) is 6.07 Å². The first kappa shape index (κ1) is 19.7. The number of nitrogens with zero attached hydrogens (tertiary/aromatic N) is 1. The molecule has 0 aliphatic carbocycles. The van der Waals surface area contributed by atoms with Crippen LogP contribution in [0.1, 0.15) is 40.9 Å². The molecule has 146 valence electrons. The zero-order valence-electron chi connectivity index (χ0n) is 16.6. The fourth-order valence-corrected chi connectivity index (χ4v) is 3.27. The van der Waals surface area contributed by atoms with E-state index in [1.54, 1.807) is 31.4 Å². The van der Waals surface area contributed by atoms with Crippen molar-refractivity contribution in [2.45, 2.75) is 32.7 Å². The van der Waals surface area contributed by atoms with Crippen LogP contribution in [0, 0.1) is 6.92 Å². The SMILES string of the molecule is COc1ccc(C(=O)CCCC(=O)NCc2ccc3c(c2)cc(C)n3C)cc1. The highest BCUT2D eigenvalue weighted by Crippen LogP contribution is 2.20. The molecule has 1 aromatic heterocycles. The Morgan fingerprint density at radius 3 is 2.50 bits per heavy atom. The van der Waals surface area contributed by atoms with Crippen LogP contribution in [0.3, 0.4) is 0 Å². The second-order valence-electron chi connectivity index (χ2n) is 7.02. The summed E-state index contributed by atoms with van der Waals surface area (Å²) in [5.74, 6) is 0.729. The Bertz CT molecular complexity index is 987. The normalized spacial score (nSPS) is 10.8. The maximum atomic E-state index is 12.2. The van der Waals surface area contributed by atoms with E-state index in [0.717, 1.165) is 11.3 Å². The summed E-state index contributed by atoms with van der Waals surface area (Å²) in [5, 5.41) is 4.12. The number of carbonyl (C=O) groups excluding carboxylic acids is 2. The zero-order valence-corrected chi connectivity index (χ0v) is 16.6. The molecule has 0 aliphatic heterocycles. The van der Waals surface area contributed by atoms with Crippen molar-refractivity contribution in [1.82, 2.24) is 9.88 Å². The highest BCUT2D eigenvalue weighted by Gasteiger charge is 2.09. The monoisotopic (exact) mass is 378 g/mol. The fraction of sp³-hybridized carbons (Fsp3) is 0.304. The average Bonchev–Trinajstić information content (AvgIpc) is 2.99. The van der Waals surface area contributed by atoms with Crippen molar-refractivity contribution >= 4 is 22.6 Å². The molecule has 0 radical (unpaired) electrons. The lowest BCUT2D eigenvalue weighted by Crippen LogP contribution is -2.22. The number of ketones is 1. The topological polar surface area (TPSA) is 60.3 Å². The Hall–Kier alpha value is -3.08. The van der Waals surface area contributed by atoms with E-state index in [-0.39, 0.29) is 11.7 Å². The highest BCUT2D eigenvalue weighted by atomic mass is 16.5. The number of rotatable bonds is 8. The van der Waals surface area contributed by atoms with E-state index in [2.05, 4.69) is 35.0 Å². The molecule has 2 aromatic carbocycles. The average molecular weight is 378 g/mol. The van der Waals surface area contributed by atoms with Crippen molar-refractivity contribution in [3.63, 3.8) is 0 Å². The molecule has 5 heteroatoms. The maximum absolute atomic E-state index is 12.2. The third-order valence-electron chi connectivity index (χ3n) is 5.06. The van der Waals surface area contributed by atoms with Crippen molar-refractivity contribution < 1.29 is 14.3 Å². The maximum Gasteiger partial charge on any atom is 0.220 e. The third kappa shape index (κ3) is 4.60. The number of nitrogens with one attached hydrogen (secondary N) is 1. The predicted octanol–water partition coefficient (Wildman–Crippen LogP) is 4.16. The van der Waals surface area contributed by atoms with Crippen molar-refractivity contribution in [2.75, 3.05) is 7.11 Å². The molecule has 0 fully saturated rings. The summed E-state index contributed by atoms with van der Waals surface area (Å²) in [6, 6.07) is 15.4. The number of fused-ring (bicyclic) bond motifs is 1. The minimum Gasteiger partial charge on any atom is -0.497 e. The van der Waals surface area contributed by atoms with E-state index < -0.39 is 0 Å². The molecule has 0 atom stereocenters. The molecule has 5 nitrogen and oxygen atoms in total. The first-order chi connectivity index (χ1) is 13.5. The van der Waals surface area contributed by atoms with E-state index >= 15 is 0 Å². The molecule has 0 spiro atoms. The standard InChI is InChI=1S/C23H26N2O3/c1-16-13-19-14-17(7-12-21(19)25(16)2)15-24-23(27)6-4-5-22(26)18-8-10-20(28-3)11-9-18/h7-14H,4-6,15H2,1-3H3,(H,24,27). The zero-order chi connectivity index (χ0) is 20.1. The van der Waals surface area contributed by atoms with Crippen molar-refractivity contribution in [2.24, 2.45) is 7.05 Å². The summed E-state index contributed by atoms with van der Waals surface area (Å²) in [6.45, 7) is 2.57. The van der Waals surface area contributed by atoms with Crippen LogP contribution in [0.25, 0.3) is 10.9 Å². The molecule has 0 aliphatic rings. The number of carbonyl (C=O) groups is 2. The molecule has 28 heavy (non-hydrogen) atoms. The summed E-state index contributed by atoms with van der Waals surface area (Å²) in [7, 11) is 3.64. The smallest absolute Gasteiger partial charge is 0.220 e. The van der Waals surface area contributed by atoms with Gasteiger partial charge in [-0.3, -0.25) is 9.59 Å². The Kier molecular flexibility index (Phi) is 6.14. The van der Waals surface area contributed by atoms with Crippen LogP contribution in [-0.2, 0) is 18.4 Å². The van der Waals surface area contributed by atoms with E-state index in [1.165, 1.54) is 16.6 Å². The summed E-state index contributed by atoms with van der Waals surface area (Å²) in [5.41, 5.74) is 4.11. The van der Waals surface area contributed by atoms with Crippen molar-refractivity contribution in [3.8, 4) is 5.75 Å². The van der Waals surface area contributed by atoms with E-state index in [0.29, 0.717) is 31.4 Å². The van der Waals surface area contributed by atoms with Crippen LogP contribution in [0.2, 0.25) is 0 Å². The lowest BCUT2D eigenvalue weighted by atomic mass is 10.1. The quantitative estimate of drug-likeness (QED) is 0.599. The van der Waals surface area contributed by atoms with E-state index in [9.17, 15) is 9.59 Å². The summed E-state index contributed by atoms with van der Waals surface area (Å²) in [6.07, 6.45) is 1.23. The lowest BCUT2D eigenvalue weighted by molar-refractivity contribution is -0.121. The first-order valence-electron chi connectivity index (χ1n) is 9.47. The van der Waals surface area contributed by atoms with Crippen molar-refractivity contribution in [3.05, 3.63) is 65.4 Å². The molecule has 0 saturated carbocycles. The number of hydrogen-bond acceptors (Lipinski definition) is 3. The van der Waals surface area contributed by atoms with Crippen LogP contribution >= 0.6 is 0 Å². The van der Waals surface area contributed by atoms with Gasteiger partial charge in [0.05, 0.1) is 7.11 Å². The van der Waals surface area contributed by atoms with Gasteiger partial charge in [-0.25, -0.2) is 0 Å². The molecular weight excluding hydrogens is 352 g/mol. The van der Waals surface area contributed by atoms with Gasteiger partial charge < -0.3 is 14.6 Å². The number of hydrogen-bond donors (Lipinski definition) is 1. The van der Waals surface area contributed by atoms with Crippen LogP contribution in [0.4, 0.5) is 0 Å². The fourth-order valence-electron chi connectivity index (χ4n) is 3.27. The third-order valence-corrected chi connectivity index (χ3v) is 5.06. The van der Waals surface area contributed by atoms with Gasteiger partial charge in [0.1, 0.15) is 5.75 Å². The second-order valence-corrected chi connectivity index (χ2v) is 7.02. The molecule has 1 heterocycles. The second kappa shape index (κ2) is 8.74. The molecule has 3 aromatic rings. The minimum absolute atomic E-state index is 0.0353. The number of ether oxygens (including phenoxy) is 1. The summed E-state index contributed by atoms with van der Waals surface area (Å²) >= 11 is 0. The van der Waals surface area contributed by atoms with Gasteiger partial charge in [0.15, 0.2) is 5.78 Å². The number of aryl methyl sites for hydroxylation is 2. The Labute approximate surface area is 165 Å². The first-order valence-corrected chi connectivity index (χ1v) is 9.47. The number of amides is 1. The predicted molar refractivity (Wildman–Crippen MR) is 111 cm³/mol. The lowest BCUT2D eigenvalue weighted by Gasteiger charge is -2.07. The molecule has 0 unspecified atom stereocenters. The van der Waals surface area contributed by atoms with Crippen LogP contribution in [0.15, 0.2) is 48.5 Å². The van der Waals surface area contributed by atoms with Gasteiger partial charge in [-0.15, -0.1) is 0 Å². The van der Waals surface area contributed by atoms with Crippen molar-refractivity contribution in [1.29, 1.82) is 0 Å². The highest BCUT2D eigenvalue weighted by molar-refractivity contribution is 5.96. The number of methoxy groups -OCH3 is 1. The van der Waals surface area contributed by atoms with Gasteiger partial charge in [0.25, 0.3) is 0 Å². The number of benzene rings is 2. The van der Waals surface area contributed by atoms with E-state index in [4.69, 9.17) is 4.74 Å². The molecule has 3 rings (SSSR count). The van der Waals surface area contributed by atoms with Gasteiger partial charge in [-0.2, -0.15) is 0 Å². The Balaban J connectivity index is 1.44. The van der Waals surface area contributed by atoms with E-state index in [1.807, 2.05) is 13.1 Å². The van der Waals surface area contributed by atoms with Gasteiger partial charge in [0.2, 0.25) is 5.91 Å². The molecule has 1 N–H and O–H groups in total. The number of Topliss-reactive ketones (excluding diaryl/α,β-unsaturated/α-hetero) is 1. The van der Waals surface area contributed by atoms with Crippen LogP contribution in [0.5, 0.6) is 5.75 Å². The number of aromatic nitrogens is 1. The van der Waals surface area contributed by atoms with Crippen LogP contribution in [-0.4, -0.2) is 23.4 Å². The minimum atomic E-state index is -0.0353. The molecule has 1 amide bonds. The largest absolute Gasteiger partial charge is 0.497 e. The van der Waals surface area contributed by atoms with Crippen LogP contribution < -0.4 is 10.1 Å². The molecule has 0 saturated heterocycles. The summed E-state index contributed by atoms with van der Waals surface area (Å²) < 4.78 is 7.24.